The van der Waals surface area contributed by atoms with Gasteiger partial charge in [-0.25, -0.2) is 0 Å². The molecule has 0 unspecified atom stereocenters. The molecular weight excluding hydrogens is 399 g/mol. The van der Waals surface area contributed by atoms with Crippen molar-refractivity contribution in [2.75, 3.05) is 6.54 Å². The van der Waals surface area contributed by atoms with Crippen LogP contribution in [0.15, 0.2) is 22.8 Å². The summed E-state index contributed by atoms with van der Waals surface area (Å²) in [5.74, 6) is 1.23. The molecule has 6 aliphatic rings. The Balaban J connectivity index is 1.23. The molecule has 0 N–H and O–H groups in total. The van der Waals surface area contributed by atoms with Crippen LogP contribution in [0, 0.1) is 11.3 Å². The van der Waals surface area contributed by atoms with Crippen molar-refractivity contribution in [2.24, 2.45) is 11.3 Å². The number of rotatable bonds is 3. The summed E-state index contributed by atoms with van der Waals surface area (Å²) in [5.41, 5.74) is 2.58. The van der Waals surface area contributed by atoms with E-state index in [4.69, 9.17) is 9.31 Å². The Labute approximate surface area is 193 Å². The Hall–Kier alpha value is -1.11. The zero-order chi connectivity index (χ0) is 22.6. The molecule has 0 spiro atoms. The smallest absolute Gasteiger partial charge is 0.400 e. The van der Waals surface area contributed by atoms with Gasteiger partial charge < -0.3 is 14.2 Å². The minimum absolute atomic E-state index is 0.292. The first kappa shape index (κ1) is 21.4. The molecule has 6 heteroatoms. The molecule has 0 aromatic heterocycles. The van der Waals surface area contributed by atoms with Crippen molar-refractivity contribution in [1.82, 2.24) is 9.80 Å². The van der Waals surface area contributed by atoms with E-state index >= 15 is 0 Å². The van der Waals surface area contributed by atoms with Crippen molar-refractivity contribution in [1.29, 1.82) is 0 Å². The van der Waals surface area contributed by atoms with Gasteiger partial charge in [0.15, 0.2) is 0 Å². The van der Waals surface area contributed by atoms with Gasteiger partial charge >= 0.3 is 7.12 Å². The molecule has 2 saturated heterocycles. The van der Waals surface area contributed by atoms with Gasteiger partial charge in [0.2, 0.25) is 5.91 Å². The van der Waals surface area contributed by atoms with Gasteiger partial charge in [0.1, 0.15) is 0 Å². The second-order valence-electron chi connectivity index (χ2n) is 12.8. The summed E-state index contributed by atoms with van der Waals surface area (Å²) in [6.07, 6.45) is 10.6. The van der Waals surface area contributed by atoms with E-state index < -0.39 is 5.41 Å². The van der Waals surface area contributed by atoms with Crippen LogP contribution in [0.4, 0.5) is 0 Å². The summed E-state index contributed by atoms with van der Waals surface area (Å²) in [5, 5.41) is 0. The highest BCUT2D eigenvalue weighted by Gasteiger charge is 2.56. The summed E-state index contributed by atoms with van der Waals surface area (Å²) in [4.78, 5) is 18.5. The van der Waals surface area contributed by atoms with E-state index in [0.717, 1.165) is 43.3 Å². The molecule has 6 rings (SSSR count). The summed E-state index contributed by atoms with van der Waals surface area (Å²) in [6.45, 7) is 14.0. The normalized spacial score (nSPS) is 39.6. The quantitative estimate of drug-likeness (QED) is 0.610. The topological polar surface area (TPSA) is 42.0 Å². The van der Waals surface area contributed by atoms with Gasteiger partial charge in [-0.05, 0) is 110 Å². The third-order valence-corrected chi connectivity index (χ3v) is 9.99. The first-order chi connectivity index (χ1) is 15.0. The van der Waals surface area contributed by atoms with Gasteiger partial charge in [-0.15, -0.1) is 0 Å². The maximum atomic E-state index is 13.6. The fourth-order valence-electron chi connectivity index (χ4n) is 7.11. The van der Waals surface area contributed by atoms with Crippen molar-refractivity contribution < 1.29 is 14.1 Å². The maximum absolute atomic E-state index is 13.6. The van der Waals surface area contributed by atoms with Crippen molar-refractivity contribution >= 4 is 13.0 Å². The average Bonchev–Trinajstić information content (AvgIpc) is 3.39. The SMILES string of the molecule is CC1(C)C(=O)N(C2CC(N3C[C@H]4CC[C@@H]3C4)C2)C2=C1CCC(B1OC(C)(C)C(C)(C)O1)=C2. The molecule has 1 amide bonds. The molecule has 0 radical (unpaired) electrons. The van der Waals surface area contributed by atoms with Crippen molar-refractivity contribution in [2.45, 2.75) is 116 Å². The van der Waals surface area contributed by atoms with Gasteiger partial charge in [-0.2, -0.15) is 0 Å². The third-order valence-electron chi connectivity index (χ3n) is 9.99. The Bertz CT molecular complexity index is 898. The zero-order valence-corrected chi connectivity index (χ0v) is 20.7. The van der Waals surface area contributed by atoms with Gasteiger partial charge in [0.05, 0.1) is 16.6 Å². The van der Waals surface area contributed by atoms with Crippen LogP contribution in [-0.2, 0) is 14.1 Å². The average molecular weight is 438 g/mol. The number of likely N-dealkylation sites (tertiary alicyclic amines) is 1. The second kappa shape index (κ2) is 6.73. The predicted molar refractivity (Wildman–Crippen MR) is 126 cm³/mol. The highest BCUT2D eigenvalue weighted by atomic mass is 16.7. The van der Waals surface area contributed by atoms with E-state index in [2.05, 4.69) is 57.4 Å². The lowest BCUT2D eigenvalue weighted by molar-refractivity contribution is -0.138. The standard InChI is InChI=1S/C26H39BN2O3/c1-24(2)21-10-8-17(27-31-25(3,4)26(5,6)32-27)12-22(21)29(23(24)30)20-13-19(14-20)28-15-16-7-9-18(28)11-16/h12,16,18-20H,7-11,13-15H2,1-6H3/t16-,18+,19?,20?/m0/s1. The number of hydrogen-bond acceptors (Lipinski definition) is 4. The number of allylic oxidation sites excluding steroid dienone is 2. The largest absolute Gasteiger partial charge is 0.490 e. The van der Waals surface area contributed by atoms with Crippen molar-refractivity contribution in [3.05, 3.63) is 22.8 Å². The van der Waals surface area contributed by atoms with Crippen LogP contribution < -0.4 is 0 Å². The molecule has 2 atom stereocenters. The molecule has 3 aliphatic carbocycles. The highest BCUT2D eigenvalue weighted by molar-refractivity contribution is 6.54. The zero-order valence-electron chi connectivity index (χ0n) is 20.7. The molecule has 5 nitrogen and oxygen atoms in total. The van der Waals surface area contributed by atoms with Crippen LogP contribution >= 0.6 is 0 Å². The molecule has 2 saturated carbocycles. The van der Waals surface area contributed by atoms with Crippen LogP contribution in [-0.4, -0.2) is 58.7 Å². The Morgan fingerprint density at radius 2 is 1.59 bits per heavy atom. The summed E-state index contributed by atoms with van der Waals surface area (Å²) in [7, 11) is -0.316. The van der Waals surface area contributed by atoms with Crippen LogP contribution in [0.2, 0.25) is 0 Å². The maximum Gasteiger partial charge on any atom is 0.490 e. The number of carbonyl (C=O) groups is 1. The van der Waals surface area contributed by atoms with Crippen molar-refractivity contribution in [3.63, 3.8) is 0 Å². The lowest BCUT2D eigenvalue weighted by Crippen LogP contribution is -2.56. The molecule has 2 bridgehead atoms. The fraction of sp³-hybridized carbons (Fsp3) is 0.808. The first-order valence-corrected chi connectivity index (χ1v) is 12.9. The Morgan fingerprint density at radius 3 is 2.19 bits per heavy atom. The monoisotopic (exact) mass is 438 g/mol. The number of hydrogen-bond donors (Lipinski definition) is 0. The number of amides is 1. The predicted octanol–water partition coefficient (Wildman–Crippen LogP) is 4.48. The van der Waals surface area contributed by atoms with Crippen LogP contribution in [0.5, 0.6) is 0 Å². The number of carbonyl (C=O) groups excluding carboxylic acids is 1. The molecule has 3 aliphatic heterocycles. The minimum Gasteiger partial charge on any atom is -0.400 e. The van der Waals surface area contributed by atoms with E-state index in [1.807, 2.05) is 0 Å². The molecular formula is C26H39BN2O3. The van der Waals surface area contributed by atoms with E-state index in [1.165, 1.54) is 36.9 Å². The summed E-state index contributed by atoms with van der Waals surface area (Å²) < 4.78 is 12.7. The highest BCUT2D eigenvalue weighted by Crippen LogP contribution is 2.51. The molecule has 3 heterocycles. The number of nitrogens with zero attached hydrogens (tertiary/aromatic N) is 2. The molecule has 0 aromatic carbocycles. The number of fused-ring (bicyclic) bond motifs is 2. The van der Waals surface area contributed by atoms with Crippen LogP contribution in [0.3, 0.4) is 0 Å². The molecule has 32 heavy (non-hydrogen) atoms. The molecule has 4 fully saturated rings. The first-order valence-electron chi connectivity index (χ1n) is 12.9. The number of piperidine rings is 1. The fourth-order valence-corrected chi connectivity index (χ4v) is 7.11. The Morgan fingerprint density at radius 1 is 0.906 bits per heavy atom. The van der Waals surface area contributed by atoms with Crippen LogP contribution in [0.25, 0.3) is 0 Å². The summed E-state index contributed by atoms with van der Waals surface area (Å²) in [6, 6.07) is 1.83. The van der Waals surface area contributed by atoms with E-state index in [9.17, 15) is 4.79 Å². The minimum atomic E-state index is -0.398. The second-order valence-corrected chi connectivity index (χ2v) is 12.8. The van der Waals surface area contributed by atoms with E-state index in [-0.39, 0.29) is 18.3 Å². The van der Waals surface area contributed by atoms with Gasteiger partial charge in [0, 0.05) is 30.4 Å². The third kappa shape index (κ3) is 2.91. The molecule has 174 valence electrons. The lowest BCUT2D eigenvalue weighted by atomic mass is 9.70. The van der Waals surface area contributed by atoms with Crippen LogP contribution in [0.1, 0.15) is 86.5 Å². The van der Waals surface area contributed by atoms with Crippen molar-refractivity contribution in [3.8, 4) is 0 Å². The van der Waals surface area contributed by atoms with E-state index in [0.29, 0.717) is 18.0 Å². The van der Waals surface area contributed by atoms with Gasteiger partial charge in [-0.3, -0.25) is 9.69 Å². The molecule has 0 aromatic rings. The van der Waals surface area contributed by atoms with Gasteiger partial charge in [-0.1, -0.05) is 0 Å². The van der Waals surface area contributed by atoms with Gasteiger partial charge in [0.25, 0.3) is 0 Å². The Kier molecular flexibility index (Phi) is 4.51. The summed E-state index contributed by atoms with van der Waals surface area (Å²) >= 11 is 0. The lowest BCUT2D eigenvalue weighted by Gasteiger charge is -2.48. The van der Waals surface area contributed by atoms with E-state index in [1.54, 1.807) is 0 Å².